The van der Waals surface area contributed by atoms with Crippen LogP contribution in [-0.4, -0.2) is 20.5 Å². The first-order valence-electron chi connectivity index (χ1n) is 3.90. The molecule has 0 saturated heterocycles. The molecular weight excluding hydrogens is 180 g/mol. The minimum Gasteiger partial charge on any atom is -0.476 e. The van der Waals surface area contributed by atoms with Crippen LogP contribution in [0.25, 0.3) is 5.65 Å². The first-order chi connectivity index (χ1) is 6.72. The van der Waals surface area contributed by atoms with E-state index in [4.69, 9.17) is 11.5 Å². The van der Waals surface area contributed by atoms with Gasteiger partial charge in [-0.3, -0.25) is 0 Å². The van der Waals surface area contributed by atoms with E-state index in [-0.39, 0.29) is 5.69 Å². The summed E-state index contributed by atoms with van der Waals surface area (Å²) in [6.07, 6.45) is 8.38. The second-order valence-electron chi connectivity index (χ2n) is 2.73. The van der Waals surface area contributed by atoms with Crippen LogP contribution < -0.4 is 0 Å². The lowest BCUT2D eigenvalue weighted by Gasteiger charge is -1.93. The molecule has 14 heavy (non-hydrogen) atoms. The van der Waals surface area contributed by atoms with Gasteiger partial charge in [0, 0.05) is 12.4 Å². The predicted molar refractivity (Wildman–Crippen MR) is 50.1 cm³/mol. The van der Waals surface area contributed by atoms with E-state index in [1.165, 1.54) is 6.20 Å². The van der Waals surface area contributed by atoms with Crippen LogP contribution in [0.5, 0.6) is 0 Å². The Kier molecular flexibility index (Phi) is 1.72. The van der Waals surface area contributed by atoms with Crippen molar-refractivity contribution < 1.29 is 9.90 Å². The third-order valence-electron chi connectivity index (χ3n) is 1.86. The number of fused-ring (bicyclic) bond motifs is 1. The van der Waals surface area contributed by atoms with Gasteiger partial charge in [0.25, 0.3) is 0 Å². The second-order valence-corrected chi connectivity index (χ2v) is 2.73. The number of aromatic nitrogens is 2. The number of hydrogen-bond donors (Lipinski definition) is 1. The van der Waals surface area contributed by atoms with Crippen molar-refractivity contribution in [3.05, 3.63) is 35.8 Å². The summed E-state index contributed by atoms with van der Waals surface area (Å²) >= 11 is 0. The Labute approximate surface area is 79.8 Å². The van der Waals surface area contributed by atoms with Gasteiger partial charge in [0.15, 0.2) is 11.3 Å². The molecule has 2 heterocycles. The van der Waals surface area contributed by atoms with E-state index in [9.17, 15) is 4.79 Å². The average molecular weight is 186 g/mol. The Morgan fingerprint density at radius 2 is 2.43 bits per heavy atom. The molecule has 2 rings (SSSR count). The number of nitrogens with zero attached hydrogens (tertiary/aromatic N) is 2. The Hall–Kier alpha value is -2.28. The van der Waals surface area contributed by atoms with Crippen molar-refractivity contribution in [2.75, 3.05) is 0 Å². The number of carbonyl (C=O) groups is 1. The lowest BCUT2D eigenvalue weighted by molar-refractivity contribution is 0.0691. The van der Waals surface area contributed by atoms with Crippen LogP contribution in [0.3, 0.4) is 0 Å². The van der Waals surface area contributed by atoms with Gasteiger partial charge in [-0.15, -0.1) is 6.42 Å². The second kappa shape index (κ2) is 2.89. The predicted octanol–water partition coefficient (Wildman–Crippen LogP) is 1.01. The highest BCUT2D eigenvalue weighted by Crippen LogP contribution is 2.09. The van der Waals surface area contributed by atoms with Gasteiger partial charge in [-0.25, -0.2) is 9.78 Å². The van der Waals surface area contributed by atoms with Crippen LogP contribution >= 0.6 is 0 Å². The maximum absolute atomic E-state index is 10.6. The zero-order chi connectivity index (χ0) is 10.1. The fraction of sp³-hybridized carbons (Fsp3) is 0. The molecule has 4 nitrogen and oxygen atoms in total. The molecule has 68 valence electrons. The molecular formula is C10H6N2O2. The lowest BCUT2D eigenvalue weighted by atomic mass is 10.3. The van der Waals surface area contributed by atoms with Crippen LogP contribution in [0.1, 0.15) is 16.1 Å². The Balaban J connectivity index is 2.78. The molecule has 2 aromatic heterocycles. The standard InChI is InChI=1S/C10H6N2O2/c1-2-7-4-3-5-12-6-8(10(13)14)11-9(7)12/h1,3-6H,(H,13,14). The van der Waals surface area contributed by atoms with Gasteiger partial charge in [0.2, 0.25) is 0 Å². The summed E-state index contributed by atoms with van der Waals surface area (Å²) in [4.78, 5) is 14.5. The van der Waals surface area contributed by atoms with Crippen molar-refractivity contribution in [3.8, 4) is 12.3 Å². The fourth-order valence-electron chi connectivity index (χ4n) is 1.23. The van der Waals surface area contributed by atoms with Gasteiger partial charge in [0.05, 0.1) is 5.56 Å². The van der Waals surface area contributed by atoms with E-state index in [1.54, 1.807) is 22.7 Å². The van der Waals surface area contributed by atoms with Gasteiger partial charge in [-0.05, 0) is 12.1 Å². The summed E-state index contributed by atoms with van der Waals surface area (Å²) in [5, 5.41) is 8.72. The Morgan fingerprint density at radius 3 is 3.07 bits per heavy atom. The van der Waals surface area contributed by atoms with Crippen LogP contribution in [-0.2, 0) is 0 Å². The minimum absolute atomic E-state index is 0.00676. The maximum atomic E-state index is 10.6. The summed E-state index contributed by atoms with van der Waals surface area (Å²) in [7, 11) is 0. The number of aromatic carboxylic acids is 1. The number of carboxylic acids is 1. The van der Waals surface area contributed by atoms with Crippen LogP contribution in [0.15, 0.2) is 24.5 Å². The maximum Gasteiger partial charge on any atom is 0.356 e. The molecule has 0 fully saturated rings. The number of carboxylic acid groups (broad SMARTS) is 1. The zero-order valence-electron chi connectivity index (χ0n) is 7.14. The molecule has 0 aromatic carbocycles. The van der Waals surface area contributed by atoms with Gasteiger partial charge in [-0.2, -0.15) is 0 Å². The third kappa shape index (κ3) is 1.12. The van der Waals surface area contributed by atoms with E-state index in [1.807, 2.05) is 0 Å². The van der Waals surface area contributed by atoms with E-state index in [0.717, 1.165) is 0 Å². The smallest absolute Gasteiger partial charge is 0.356 e. The summed E-state index contributed by atoms with van der Waals surface area (Å²) in [6.45, 7) is 0. The first-order valence-corrected chi connectivity index (χ1v) is 3.90. The van der Waals surface area contributed by atoms with Crippen LogP contribution in [0, 0.1) is 12.3 Å². The topological polar surface area (TPSA) is 54.6 Å². The summed E-state index contributed by atoms with van der Waals surface area (Å²) in [5.41, 5.74) is 1.07. The molecule has 4 heteroatoms. The highest BCUT2D eigenvalue weighted by Gasteiger charge is 2.09. The molecule has 0 aliphatic rings. The SMILES string of the molecule is C#Cc1cccn2cc(C(=O)O)nc12. The molecule has 0 aliphatic carbocycles. The fourth-order valence-corrected chi connectivity index (χ4v) is 1.23. The monoisotopic (exact) mass is 186 g/mol. The highest BCUT2D eigenvalue weighted by molar-refractivity contribution is 5.86. The van der Waals surface area contributed by atoms with Gasteiger partial charge in [-0.1, -0.05) is 5.92 Å². The molecule has 0 spiro atoms. The van der Waals surface area contributed by atoms with Crippen molar-refractivity contribution in [2.24, 2.45) is 0 Å². The van der Waals surface area contributed by atoms with E-state index >= 15 is 0 Å². The molecule has 0 radical (unpaired) electrons. The highest BCUT2D eigenvalue weighted by atomic mass is 16.4. The van der Waals surface area contributed by atoms with E-state index < -0.39 is 5.97 Å². The minimum atomic E-state index is -1.06. The molecule has 0 amide bonds. The molecule has 0 bridgehead atoms. The molecule has 0 saturated carbocycles. The summed E-state index contributed by atoms with van der Waals surface area (Å²) in [6, 6.07) is 3.46. The van der Waals surface area contributed by atoms with E-state index in [2.05, 4.69) is 10.9 Å². The van der Waals surface area contributed by atoms with Crippen molar-refractivity contribution in [2.45, 2.75) is 0 Å². The zero-order valence-corrected chi connectivity index (χ0v) is 7.14. The number of terminal acetylenes is 1. The normalized spacial score (nSPS) is 9.93. The molecule has 0 atom stereocenters. The van der Waals surface area contributed by atoms with Gasteiger partial charge < -0.3 is 9.51 Å². The summed E-state index contributed by atoms with van der Waals surface area (Å²) in [5.74, 6) is 1.39. The molecule has 2 aromatic rings. The number of hydrogen-bond acceptors (Lipinski definition) is 2. The largest absolute Gasteiger partial charge is 0.476 e. The van der Waals surface area contributed by atoms with E-state index in [0.29, 0.717) is 11.2 Å². The molecule has 1 N–H and O–H groups in total. The number of imidazole rings is 1. The van der Waals surface area contributed by atoms with Crippen LogP contribution in [0.2, 0.25) is 0 Å². The van der Waals surface area contributed by atoms with Crippen molar-refractivity contribution in [3.63, 3.8) is 0 Å². The average Bonchev–Trinajstić information content (AvgIpc) is 2.60. The molecule has 0 unspecified atom stereocenters. The molecule has 0 aliphatic heterocycles. The van der Waals surface area contributed by atoms with Crippen molar-refractivity contribution >= 4 is 11.6 Å². The number of pyridine rings is 1. The summed E-state index contributed by atoms with van der Waals surface area (Å²) < 4.78 is 1.60. The van der Waals surface area contributed by atoms with Gasteiger partial charge >= 0.3 is 5.97 Å². The van der Waals surface area contributed by atoms with Crippen LogP contribution in [0.4, 0.5) is 0 Å². The Morgan fingerprint density at radius 1 is 1.64 bits per heavy atom. The quantitative estimate of drug-likeness (QED) is 0.676. The Bertz CT molecular complexity index is 549. The lowest BCUT2D eigenvalue weighted by Crippen LogP contribution is -1.95. The number of rotatable bonds is 1. The first kappa shape index (κ1) is 8.32. The van der Waals surface area contributed by atoms with Crippen molar-refractivity contribution in [1.82, 2.24) is 9.38 Å². The van der Waals surface area contributed by atoms with Gasteiger partial charge in [0.1, 0.15) is 0 Å². The van der Waals surface area contributed by atoms with Crippen molar-refractivity contribution in [1.29, 1.82) is 0 Å². The third-order valence-corrected chi connectivity index (χ3v) is 1.86.